The van der Waals surface area contributed by atoms with Crippen molar-refractivity contribution < 1.29 is 9.53 Å². The van der Waals surface area contributed by atoms with Crippen LogP contribution in [0.2, 0.25) is 0 Å². The molecule has 92 valence electrons. The summed E-state index contributed by atoms with van der Waals surface area (Å²) in [4.78, 5) is 22.3. The van der Waals surface area contributed by atoms with Crippen LogP contribution in [0.5, 0.6) is 5.75 Å². The Morgan fingerprint density at radius 2 is 1.88 bits per heavy atom. The van der Waals surface area contributed by atoms with Gasteiger partial charge in [-0.25, -0.2) is 0 Å². The van der Waals surface area contributed by atoms with Gasteiger partial charge in [-0.3, -0.25) is 4.79 Å². The summed E-state index contributed by atoms with van der Waals surface area (Å²) in [5, 5.41) is 3.00. The van der Waals surface area contributed by atoms with E-state index >= 15 is 0 Å². The predicted octanol–water partition coefficient (Wildman–Crippen LogP) is 3.59. The summed E-state index contributed by atoms with van der Waals surface area (Å²) < 4.78 is 5.10. The maximum Gasteiger partial charge on any atom is 0.163 e. The van der Waals surface area contributed by atoms with Crippen LogP contribution in [0.1, 0.15) is 43.6 Å². The summed E-state index contributed by atoms with van der Waals surface area (Å²) in [6.45, 7) is 7.37. The minimum absolute atomic E-state index is 0.0928. The van der Waals surface area contributed by atoms with Crippen LogP contribution < -0.4 is 4.74 Å². The van der Waals surface area contributed by atoms with Gasteiger partial charge < -0.3 is 4.74 Å². The topological polar surface area (TPSA) is 55.7 Å². The summed E-state index contributed by atoms with van der Waals surface area (Å²) in [6.07, 6.45) is 0. The summed E-state index contributed by atoms with van der Waals surface area (Å²) in [5.74, 6) is 0.296. The van der Waals surface area contributed by atoms with E-state index in [0.29, 0.717) is 17.0 Å². The van der Waals surface area contributed by atoms with Crippen LogP contribution in [0.15, 0.2) is 17.3 Å². The molecule has 1 aromatic carbocycles. The number of nitrogens with zero attached hydrogens (tertiary/aromatic N) is 1. The first kappa shape index (κ1) is 13.4. The zero-order chi connectivity index (χ0) is 13.2. The summed E-state index contributed by atoms with van der Waals surface area (Å²) in [7, 11) is 1.47. The first-order valence-electron chi connectivity index (χ1n) is 5.38. The zero-order valence-corrected chi connectivity index (χ0v) is 10.8. The quantitative estimate of drug-likeness (QED) is 0.594. The molecule has 0 aliphatic heterocycles. The van der Waals surface area contributed by atoms with E-state index in [1.807, 2.05) is 20.8 Å². The van der Waals surface area contributed by atoms with Crippen LogP contribution >= 0.6 is 0 Å². The normalized spacial score (nSPS) is 11.1. The Morgan fingerprint density at radius 1 is 1.29 bits per heavy atom. The van der Waals surface area contributed by atoms with Gasteiger partial charge in [-0.15, -0.1) is 4.91 Å². The number of carbonyl (C=O) groups excluding carboxylic acids is 1. The van der Waals surface area contributed by atoms with Crippen molar-refractivity contribution in [3.05, 3.63) is 28.2 Å². The maximum absolute atomic E-state index is 11.5. The van der Waals surface area contributed by atoms with Gasteiger partial charge >= 0.3 is 0 Å². The summed E-state index contributed by atoms with van der Waals surface area (Å²) in [6, 6.07) is 3.21. The van der Waals surface area contributed by atoms with Crippen LogP contribution in [0.25, 0.3) is 0 Å². The number of benzene rings is 1. The Bertz CT molecular complexity index is 458. The standard InChI is InChI=1S/C13H17NO3/c1-8(15)9-6-10(13(2,3)4)11(14-16)7-12(9)17-5/h6-7H,1-5H3. The molecule has 0 saturated heterocycles. The molecule has 17 heavy (non-hydrogen) atoms. The third-order valence-electron chi connectivity index (χ3n) is 2.60. The van der Waals surface area contributed by atoms with Gasteiger partial charge in [0.25, 0.3) is 0 Å². The van der Waals surface area contributed by atoms with Crippen LogP contribution in [0.4, 0.5) is 5.69 Å². The van der Waals surface area contributed by atoms with Crippen molar-refractivity contribution in [3.8, 4) is 5.75 Å². The number of hydrogen-bond acceptors (Lipinski definition) is 4. The Morgan fingerprint density at radius 3 is 2.24 bits per heavy atom. The van der Waals surface area contributed by atoms with E-state index in [1.165, 1.54) is 20.1 Å². The Labute approximate surface area is 101 Å². The molecule has 0 unspecified atom stereocenters. The zero-order valence-electron chi connectivity index (χ0n) is 10.8. The molecule has 4 nitrogen and oxygen atoms in total. The summed E-state index contributed by atoms with van der Waals surface area (Å²) in [5.41, 5.74) is 1.29. The lowest BCUT2D eigenvalue weighted by molar-refractivity contribution is 0.101. The fourth-order valence-corrected chi connectivity index (χ4v) is 1.69. The van der Waals surface area contributed by atoms with E-state index < -0.39 is 0 Å². The average Bonchev–Trinajstić information content (AvgIpc) is 2.25. The number of methoxy groups -OCH3 is 1. The molecule has 0 aliphatic rings. The van der Waals surface area contributed by atoms with Gasteiger partial charge in [-0.1, -0.05) is 20.8 Å². The van der Waals surface area contributed by atoms with E-state index in [4.69, 9.17) is 4.74 Å². The molecule has 0 N–H and O–H groups in total. The molecule has 4 heteroatoms. The average molecular weight is 235 g/mol. The molecule has 0 fully saturated rings. The second-order valence-electron chi connectivity index (χ2n) is 4.97. The molecule has 0 aliphatic carbocycles. The number of ether oxygens (including phenoxy) is 1. The minimum atomic E-state index is -0.250. The molecule has 0 bridgehead atoms. The van der Waals surface area contributed by atoms with E-state index in [9.17, 15) is 9.70 Å². The number of carbonyl (C=O) groups is 1. The highest BCUT2D eigenvalue weighted by Gasteiger charge is 2.22. The molecule has 1 aromatic rings. The van der Waals surface area contributed by atoms with Crippen molar-refractivity contribution in [1.82, 2.24) is 0 Å². The molecule has 0 amide bonds. The molecule has 0 aromatic heterocycles. The van der Waals surface area contributed by atoms with E-state index in [1.54, 1.807) is 6.07 Å². The maximum atomic E-state index is 11.5. The van der Waals surface area contributed by atoms with Crippen LogP contribution in [0.3, 0.4) is 0 Å². The van der Waals surface area contributed by atoms with Crippen molar-refractivity contribution in [2.45, 2.75) is 33.1 Å². The van der Waals surface area contributed by atoms with Crippen molar-refractivity contribution >= 4 is 11.5 Å². The smallest absolute Gasteiger partial charge is 0.163 e. The highest BCUT2D eigenvalue weighted by molar-refractivity contribution is 5.97. The van der Waals surface area contributed by atoms with Gasteiger partial charge in [0, 0.05) is 6.07 Å². The minimum Gasteiger partial charge on any atom is -0.496 e. The van der Waals surface area contributed by atoms with Gasteiger partial charge in [0.2, 0.25) is 0 Å². The van der Waals surface area contributed by atoms with Gasteiger partial charge in [0.1, 0.15) is 11.4 Å². The fourth-order valence-electron chi connectivity index (χ4n) is 1.69. The number of rotatable bonds is 3. The largest absolute Gasteiger partial charge is 0.496 e. The molecule has 0 atom stereocenters. The Balaban J connectivity index is 3.56. The van der Waals surface area contributed by atoms with Gasteiger partial charge in [0.15, 0.2) is 5.78 Å². The van der Waals surface area contributed by atoms with Crippen LogP contribution in [-0.2, 0) is 5.41 Å². The molecule has 0 saturated carbocycles. The molecule has 1 rings (SSSR count). The highest BCUT2D eigenvalue weighted by atomic mass is 16.5. The van der Waals surface area contributed by atoms with E-state index in [-0.39, 0.29) is 11.2 Å². The third-order valence-corrected chi connectivity index (χ3v) is 2.60. The van der Waals surface area contributed by atoms with Crippen molar-refractivity contribution in [1.29, 1.82) is 0 Å². The van der Waals surface area contributed by atoms with Crippen molar-refractivity contribution in [2.75, 3.05) is 7.11 Å². The third kappa shape index (κ3) is 2.70. The van der Waals surface area contributed by atoms with Gasteiger partial charge in [-0.2, -0.15) is 0 Å². The second-order valence-corrected chi connectivity index (χ2v) is 4.97. The summed E-state index contributed by atoms with van der Waals surface area (Å²) >= 11 is 0. The number of nitroso groups, excluding NO2 is 1. The monoisotopic (exact) mass is 235 g/mol. The molecular weight excluding hydrogens is 218 g/mol. The molecule has 0 heterocycles. The highest BCUT2D eigenvalue weighted by Crippen LogP contribution is 2.36. The van der Waals surface area contributed by atoms with Gasteiger partial charge in [0.05, 0.1) is 12.7 Å². The SMILES string of the molecule is COc1cc(N=O)c(C(C)(C)C)cc1C(C)=O. The lowest BCUT2D eigenvalue weighted by Gasteiger charge is -2.21. The van der Waals surface area contributed by atoms with Crippen LogP contribution in [0, 0.1) is 4.91 Å². The number of ketones is 1. The molecule has 0 spiro atoms. The second kappa shape index (κ2) is 4.65. The van der Waals surface area contributed by atoms with Crippen molar-refractivity contribution in [2.24, 2.45) is 5.18 Å². The van der Waals surface area contributed by atoms with Crippen molar-refractivity contribution in [3.63, 3.8) is 0 Å². The molecular formula is C13H17NO3. The number of Topliss-reactive ketones (excluding diaryl/α,β-unsaturated/α-hetero) is 1. The lowest BCUT2D eigenvalue weighted by Crippen LogP contribution is -2.13. The van der Waals surface area contributed by atoms with Crippen LogP contribution in [-0.4, -0.2) is 12.9 Å². The molecule has 0 radical (unpaired) electrons. The van der Waals surface area contributed by atoms with E-state index in [0.717, 1.165) is 5.56 Å². The Hall–Kier alpha value is -1.71. The Kier molecular flexibility index (Phi) is 3.66. The first-order chi connectivity index (χ1) is 7.81. The van der Waals surface area contributed by atoms with Gasteiger partial charge in [-0.05, 0) is 29.1 Å². The van der Waals surface area contributed by atoms with E-state index in [2.05, 4.69) is 5.18 Å². The first-order valence-corrected chi connectivity index (χ1v) is 5.38. The lowest BCUT2D eigenvalue weighted by atomic mass is 9.84. The fraction of sp³-hybridized carbons (Fsp3) is 0.462. The number of hydrogen-bond donors (Lipinski definition) is 0. The predicted molar refractivity (Wildman–Crippen MR) is 67.2 cm³/mol.